The Hall–Kier alpha value is -2.19. The second kappa shape index (κ2) is 7.91. The summed E-state index contributed by atoms with van der Waals surface area (Å²) in [5.41, 5.74) is 0.0698. The van der Waals surface area contributed by atoms with Crippen molar-refractivity contribution >= 4 is 11.8 Å². The minimum absolute atomic E-state index is 0.0457. The highest BCUT2D eigenvalue weighted by Gasteiger charge is 2.48. The number of likely N-dealkylation sites (tertiary alicyclic amines) is 1. The van der Waals surface area contributed by atoms with E-state index < -0.39 is 11.7 Å². The van der Waals surface area contributed by atoms with E-state index in [1.165, 1.54) is 26.8 Å². The van der Waals surface area contributed by atoms with Crippen LogP contribution in [0.5, 0.6) is 0 Å². The molecule has 5 nitrogen and oxygen atoms in total. The van der Waals surface area contributed by atoms with Gasteiger partial charge in [0.15, 0.2) is 6.67 Å². The number of nitrogens with one attached hydrogen (secondary N) is 2. The van der Waals surface area contributed by atoms with Gasteiger partial charge in [-0.2, -0.15) is 13.2 Å². The normalized spacial score (nSPS) is 30.0. The molecule has 1 aromatic carbocycles. The van der Waals surface area contributed by atoms with E-state index in [4.69, 9.17) is 0 Å². The van der Waals surface area contributed by atoms with E-state index in [-0.39, 0.29) is 23.7 Å². The minimum Gasteiger partial charge on any atom is -0.322 e. The highest BCUT2D eigenvalue weighted by atomic mass is 19.4. The fourth-order valence-electron chi connectivity index (χ4n) is 4.69. The molecular weight excluding hydrogens is 383 g/mol. The van der Waals surface area contributed by atoms with Gasteiger partial charge in [0.2, 0.25) is 11.8 Å². The molecule has 29 heavy (non-hydrogen) atoms. The van der Waals surface area contributed by atoms with E-state index in [2.05, 4.69) is 0 Å². The van der Waals surface area contributed by atoms with Gasteiger partial charge in [-0.1, -0.05) is 24.3 Å². The number of hydrogen-bond acceptors (Lipinski definition) is 2. The smallest absolute Gasteiger partial charge is 0.322 e. The molecule has 3 aliphatic rings. The van der Waals surface area contributed by atoms with Crippen LogP contribution in [0, 0.1) is 11.8 Å². The minimum atomic E-state index is -4.32. The lowest BCUT2D eigenvalue weighted by Crippen LogP contribution is -3.28. The van der Waals surface area contributed by atoms with Crippen molar-refractivity contribution in [2.24, 2.45) is 11.8 Å². The van der Waals surface area contributed by atoms with Crippen LogP contribution in [0.15, 0.2) is 36.4 Å². The zero-order chi connectivity index (χ0) is 20.6. The predicted octanol–water partition coefficient (Wildman–Crippen LogP) is -0.102. The number of quaternary nitrogens is 2. The molecule has 0 unspecified atom stereocenters. The van der Waals surface area contributed by atoms with E-state index >= 15 is 0 Å². The molecule has 2 amide bonds. The molecule has 1 aromatic rings. The van der Waals surface area contributed by atoms with Crippen LogP contribution in [0.25, 0.3) is 0 Å². The molecule has 2 atom stereocenters. The lowest BCUT2D eigenvalue weighted by Gasteiger charge is -2.31. The van der Waals surface area contributed by atoms with E-state index in [0.29, 0.717) is 31.6 Å². The predicted molar refractivity (Wildman–Crippen MR) is 98.6 cm³/mol. The number of carbonyl (C=O) groups is 2. The number of halogens is 3. The number of imide groups is 1. The second-order valence-electron chi connectivity index (χ2n) is 8.29. The zero-order valence-corrected chi connectivity index (χ0v) is 16.2. The Balaban J connectivity index is 1.30. The molecule has 0 bridgehead atoms. The van der Waals surface area contributed by atoms with Crippen molar-refractivity contribution in [1.29, 1.82) is 0 Å². The van der Waals surface area contributed by atoms with E-state index in [9.17, 15) is 22.8 Å². The van der Waals surface area contributed by atoms with Gasteiger partial charge in [-0.15, -0.1) is 0 Å². The molecule has 2 aliphatic heterocycles. The molecule has 4 rings (SSSR count). The Morgan fingerprint density at radius 3 is 2.10 bits per heavy atom. The molecule has 2 N–H and O–H groups in total. The van der Waals surface area contributed by atoms with Gasteiger partial charge < -0.3 is 9.80 Å². The third-order valence-electron chi connectivity index (χ3n) is 6.35. The highest BCUT2D eigenvalue weighted by molar-refractivity contribution is 6.05. The number of nitrogens with zero attached hydrogens (tertiary/aromatic N) is 1. The first kappa shape index (κ1) is 20.1. The summed E-state index contributed by atoms with van der Waals surface area (Å²) < 4.78 is 38.7. The first-order chi connectivity index (χ1) is 13.8. The maximum Gasteiger partial charge on any atom is 0.416 e. The van der Waals surface area contributed by atoms with Crippen molar-refractivity contribution < 1.29 is 32.6 Å². The molecule has 0 spiro atoms. The maximum atomic E-state index is 12.9. The van der Waals surface area contributed by atoms with Gasteiger partial charge in [0.25, 0.3) is 0 Å². The number of fused-ring (bicyclic) bond motifs is 1. The molecule has 156 valence electrons. The van der Waals surface area contributed by atoms with Crippen molar-refractivity contribution in [3.8, 4) is 0 Å². The fraction of sp³-hybridized carbons (Fsp3) is 0.524. The average molecular weight is 409 g/mol. The first-order valence-corrected chi connectivity index (χ1v) is 10.2. The van der Waals surface area contributed by atoms with Gasteiger partial charge in [-0.05, 0) is 25.0 Å². The van der Waals surface area contributed by atoms with Crippen LogP contribution in [0.4, 0.5) is 13.2 Å². The molecular formula is C21H26F3N3O2+2. The number of hydrogen-bond donors (Lipinski definition) is 2. The first-order valence-electron chi connectivity index (χ1n) is 10.2. The summed E-state index contributed by atoms with van der Waals surface area (Å²) in [5, 5.41) is 0. The molecule has 2 heterocycles. The largest absolute Gasteiger partial charge is 0.416 e. The van der Waals surface area contributed by atoms with Crippen LogP contribution < -0.4 is 9.80 Å². The quantitative estimate of drug-likeness (QED) is 0.539. The third kappa shape index (κ3) is 4.23. The third-order valence-corrected chi connectivity index (χ3v) is 6.35. The Morgan fingerprint density at radius 1 is 0.931 bits per heavy atom. The number of rotatable bonds is 4. The summed E-state index contributed by atoms with van der Waals surface area (Å²) in [6, 6.07) is 5.51. The maximum absolute atomic E-state index is 12.9. The van der Waals surface area contributed by atoms with E-state index in [1.54, 1.807) is 6.07 Å². The number of benzene rings is 1. The van der Waals surface area contributed by atoms with Crippen molar-refractivity contribution in [3.63, 3.8) is 0 Å². The number of amides is 2. The van der Waals surface area contributed by atoms with Gasteiger partial charge in [-0.3, -0.25) is 9.59 Å². The van der Waals surface area contributed by atoms with Crippen molar-refractivity contribution in [1.82, 2.24) is 4.90 Å². The van der Waals surface area contributed by atoms with Crippen molar-refractivity contribution in [2.75, 3.05) is 32.8 Å². The molecule has 8 heteroatoms. The summed E-state index contributed by atoms with van der Waals surface area (Å²) in [6.07, 6.45) is 0.943. The van der Waals surface area contributed by atoms with Crippen LogP contribution in [-0.2, 0) is 22.3 Å². The number of piperazine rings is 1. The van der Waals surface area contributed by atoms with Crippen LogP contribution >= 0.6 is 0 Å². The summed E-state index contributed by atoms with van der Waals surface area (Å²) >= 11 is 0. The average Bonchev–Trinajstić information content (AvgIpc) is 2.94. The van der Waals surface area contributed by atoms with Crippen LogP contribution in [0.1, 0.15) is 24.0 Å². The summed E-state index contributed by atoms with van der Waals surface area (Å²) in [7, 11) is 0. The SMILES string of the molecule is O=C1[C@@H]2CC=CC[C@H]2C(=O)N1C[NH+]1CC[NH+](Cc2cccc(C(F)(F)F)c2)CC1. The number of allylic oxidation sites excluding steroid dienone is 2. The Bertz CT molecular complexity index is 790. The topological polar surface area (TPSA) is 46.3 Å². The lowest BCUT2D eigenvalue weighted by molar-refractivity contribution is -1.02. The standard InChI is InChI=1S/C21H24F3N3O2/c22-21(23,24)16-5-3-4-15(12-16)13-25-8-10-26(11-9-25)14-27-19(28)17-6-1-2-7-18(17)20(27)29/h1-5,12,17-18H,6-11,13-14H2/p+2/t17-,18-/m1/s1. The molecule has 2 fully saturated rings. The van der Waals surface area contributed by atoms with Crippen LogP contribution in [-0.4, -0.2) is 49.6 Å². The van der Waals surface area contributed by atoms with Crippen molar-refractivity contribution in [3.05, 3.63) is 47.5 Å². The molecule has 0 saturated carbocycles. The lowest BCUT2D eigenvalue weighted by atomic mass is 9.85. The highest BCUT2D eigenvalue weighted by Crippen LogP contribution is 2.34. The van der Waals surface area contributed by atoms with Crippen LogP contribution in [0.2, 0.25) is 0 Å². The summed E-state index contributed by atoms with van der Waals surface area (Å²) in [4.78, 5) is 29.1. The molecule has 1 aliphatic carbocycles. The zero-order valence-electron chi connectivity index (χ0n) is 16.2. The van der Waals surface area contributed by atoms with Gasteiger partial charge >= 0.3 is 6.18 Å². The molecule has 2 saturated heterocycles. The van der Waals surface area contributed by atoms with Gasteiger partial charge in [0.05, 0.1) is 17.4 Å². The monoisotopic (exact) mass is 409 g/mol. The number of carbonyl (C=O) groups excluding carboxylic acids is 2. The van der Waals surface area contributed by atoms with Gasteiger partial charge in [-0.25, -0.2) is 4.90 Å². The Labute approximate surface area is 167 Å². The fourth-order valence-corrected chi connectivity index (χ4v) is 4.69. The Kier molecular flexibility index (Phi) is 5.48. The van der Waals surface area contributed by atoms with E-state index in [1.807, 2.05) is 12.2 Å². The molecule has 0 radical (unpaired) electrons. The van der Waals surface area contributed by atoms with Crippen molar-refractivity contribution in [2.45, 2.75) is 25.6 Å². The van der Waals surface area contributed by atoms with Gasteiger partial charge in [0.1, 0.15) is 32.7 Å². The molecule has 0 aromatic heterocycles. The second-order valence-corrected chi connectivity index (χ2v) is 8.29. The van der Waals surface area contributed by atoms with Crippen LogP contribution in [0.3, 0.4) is 0 Å². The number of alkyl halides is 3. The Morgan fingerprint density at radius 2 is 1.52 bits per heavy atom. The summed E-state index contributed by atoms with van der Waals surface area (Å²) in [5.74, 6) is -0.481. The summed E-state index contributed by atoms with van der Waals surface area (Å²) in [6.45, 7) is 4.14. The van der Waals surface area contributed by atoms with E-state index in [0.717, 1.165) is 32.2 Å². The van der Waals surface area contributed by atoms with Gasteiger partial charge in [0, 0.05) is 5.56 Å².